The van der Waals surface area contributed by atoms with Crippen LogP contribution in [0.25, 0.3) is 0 Å². The SMILES string of the molecule is [2H]C1N(C2(C#N)C([2H])([2H])C([2H])([2H])C([2H])([2H])C2([2H])[2H])C([2H])([2H])C1([2H])[2H]. The van der Waals surface area contributed by atoms with Gasteiger partial charge >= 0.3 is 0 Å². The molecule has 0 amide bonds. The van der Waals surface area contributed by atoms with Gasteiger partial charge < -0.3 is 0 Å². The van der Waals surface area contributed by atoms with Crippen LogP contribution in [0.15, 0.2) is 0 Å². The number of rotatable bonds is 1. The Morgan fingerprint density at radius 3 is 2.64 bits per heavy atom. The molecule has 2 heteroatoms. The third-order valence-electron chi connectivity index (χ3n) is 1.45. The molecular formula is C9H14N2. The van der Waals surface area contributed by atoms with Gasteiger partial charge in [0.2, 0.25) is 0 Å². The van der Waals surface area contributed by atoms with E-state index < -0.39 is 50.4 Å². The summed E-state index contributed by atoms with van der Waals surface area (Å²) in [6, 6.07) is 1.16. The summed E-state index contributed by atoms with van der Waals surface area (Å²) in [5.41, 5.74) is -3.39. The van der Waals surface area contributed by atoms with Gasteiger partial charge in [-0.05, 0) is 19.1 Å². The summed E-state index contributed by atoms with van der Waals surface area (Å²) in [5.74, 6) is 0. The van der Waals surface area contributed by atoms with Gasteiger partial charge in [-0.15, -0.1) is 0 Å². The van der Waals surface area contributed by atoms with Gasteiger partial charge in [0.15, 0.2) is 0 Å². The van der Waals surface area contributed by atoms with Crippen LogP contribution in [-0.4, -0.2) is 23.5 Å². The molecule has 1 saturated heterocycles. The van der Waals surface area contributed by atoms with Crippen LogP contribution in [0.1, 0.15) is 49.7 Å². The predicted octanol–water partition coefficient (Wildman–Crippen LogP) is 1.53. The largest absolute Gasteiger partial charge is 0.285 e. The molecule has 1 unspecified atom stereocenters. The zero-order valence-electron chi connectivity index (χ0n) is 18.5. The summed E-state index contributed by atoms with van der Waals surface area (Å²) < 4.78 is 101. The summed E-state index contributed by atoms with van der Waals surface area (Å²) in [4.78, 5) is -0.0251. The Labute approximate surface area is 86.1 Å². The predicted molar refractivity (Wildman–Crippen MR) is 43.0 cm³/mol. The molecule has 60 valence electrons. The first-order chi connectivity index (χ1) is 10.3. The van der Waals surface area contributed by atoms with E-state index >= 15 is 0 Å². The van der Waals surface area contributed by atoms with Gasteiger partial charge in [-0.3, -0.25) is 4.90 Å². The highest BCUT2D eigenvalue weighted by Crippen LogP contribution is 2.37. The molecule has 0 bridgehead atoms. The van der Waals surface area contributed by atoms with Gasteiger partial charge in [0.25, 0.3) is 0 Å². The molecule has 0 aromatic rings. The average molecular weight is 163 g/mol. The lowest BCUT2D eigenvalue weighted by Gasteiger charge is -2.42. The second kappa shape index (κ2) is 2.49. The molecule has 1 aliphatic heterocycles. The Kier molecular flexibility index (Phi) is 0.354. The standard InChI is InChI=1S/C9H14N2/c10-8-9(4-1-2-5-9)11-6-3-7-11/h1-7H2/i1D2,2D2,3D2,4D2,5D2,6D,7D2. The van der Waals surface area contributed by atoms with E-state index in [-0.39, 0.29) is 4.90 Å². The smallest absolute Gasteiger partial charge is 0.109 e. The average Bonchev–Trinajstić information content (AvgIpc) is 2.46. The minimum absolute atomic E-state index is 0.0251. The van der Waals surface area contributed by atoms with Crippen molar-refractivity contribution >= 4 is 0 Å². The van der Waals surface area contributed by atoms with Crippen molar-refractivity contribution in [2.45, 2.75) is 37.4 Å². The highest BCUT2D eigenvalue weighted by atomic mass is 15.2. The highest BCUT2D eigenvalue weighted by Gasteiger charge is 2.41. The Balaban J connectivity index is 2.86. The Morgan fingerprint density at radius 1 is 1.36 bits per heavy atom. The lowest BCUT2D eigenvalue weighted by atomic mass is 9.93. The van der Waals surface area contributed by atoms with Crippen LogP contribution in [0.2, 0.25) is 0 Å². The molecule has 0 radical (unpaired) electrons. The van der Waals surface area contributed by atoms with E-state index in [1.807, 2.05) is 0 Å². The van der Waals surface area contributed by atoms with E-state index in [0.29, 0.717) is 0 Å². The number of hydrogen-bond donors (Lipinski definition) is 0. The number of nitriles is 1. The molecule has 1 aliphatic carbocycles. The maximum atomic E-state index is 9.53. The molecule has 0 spiro atoms. The Bertz CT molecular complexity index is 591. The Hall–Kier alpha value is -0.550. The molecule has 0 N–H and O–H groups in total. The zero-order valence-corrected chi connectivity index (χ0v) is 5.47. The van der Waals surface area contributed by atoms with E-state index in [2.05, 4.69) is 0 Å². The molecule has 2 nitrogen and oxygen atoms in total. The molecule has 2 fully saturated rings. The van der Waals surface area contributed by atoms with Crippen LogP contribution in [-0.2, 0) is 0 Å². The van der Waals surface area contributed by atoms with Crippen LogP contribution in [0, 0.1) is 11.3 Å². The zero-order chi connectivity index (χ0) is 19.4. The van der Waals surface area contributed by atoms with Crippen molar-refractivity contribution < 1.29 is 17.8 Å². The molecule has 1 heterocycles. The van der Waals surface area contributed by atoms with Gasteiger partial charge in [0.1, 0.15) is 5.54 Å². The topological polar surface area (TPSA) is 27.0 Å². The number of nitrogens with zero attached hydrogens (tertiary/aromatic N) is 2. The van der Waals surface area contributed by atoms with E-state index in [1.165, 1.54) is 0 Å². The minimum Gasteiger partial charge on any atom is -0.285 e. The van der Waals surface area contributed by atoms with Crippen molar-refractivity contribution in [2.24, 2.45) is 0 Å². The first kappa shape index (κ1) is 1.56. The first-order valence-corrected chi connectivity index (χ1v) is 2.97. The fraction of sp³-hybridized carbons (Fsp3) is 0.889. The first-order valence-electron chi connectivity index (χ1n) is 9.55. The second-order valence-corrected chi connectivity index (χ2v) is 2.08. The Morgan fingerprint density at radius 2 is 2.09 bits per heavy atom. The van der Waals surface area contributed by atoms with Gasteiger partial charge in [-0.1, -0.05) is 12.7 Å². The van der Waals surface area contributed by atoms with Crippen molar-refractivity contribution in [1.82, 2.24) is 4.90 Å². The maximum absolute atomic E-state index is 9.53. The third kappa shape index (κ3) is 0.954. The minimum atomic E-state index is -3.58. The lowest BCUT2D eigenvalue weighted by Crippen LogP contribution is -2.52. The van der Waals surface area contributed by atoms with Crippen LogP contribution in [0.3, 0.4) is 0 Å². The van der Waals surface area contributed by atoms with E-state index in [4.69, 9.17) is 17.8 Å². The quantitative estimate of drug-likeness (QED) is 0.586. The van der Waals surface area contributed by atoms with Crippen molar-refractivity contribution in [3.8, 4) is 6.07 Å². The molecule has 1 atom stereocenters. The van der Waals surface area contributed by atoms with Crippen molar-refractivity contribution in [3.05, 3.63) is 0 Å². The highest BCUT2D eigenvalue weighted by molar-refractivity contribution is 5.12. The summed E-state index contributed by atoms with van der Waals surface area (Å²) >= 11 is 0. The van der Waals surface area contributed by atoms with Crippen molar-refractivity contribution in [1.29, 1.82) is 5.26 Å². The number of hydrogen-bond acceptors (Lipinski definition) is 2. The summed E-state index contributed by atoms with van der Waals surface area (Å²) in [6.07, 6.45) is -17.1. The van der Waals surface area contributed by atoms with E-state index in [1.54, 1.807) is 0 Å². The van der Waals surface area contributed by atoms with Crippen LogP contribution in [0.5, 0.6) is 0 Å². The van der Waals surface area contributed by atoms with Gasteiger partial charge in [0, 0.05) is 30.8 Å². The van der Waals surface area contributed by atoms with Crippen LogP contribution < -0.4 is 0 Å². The summed E-state index contributed by atoms with van der Waals surface area (Å²) in [5, 5.41) is 9.53. The lowest BCUT2D eigenvalue weighted by molar-refractivity contribution is 0.0733. The van der Waals surface area contributed by atoms with Gasteiger partial charge in [-0.2, -0.15) is 5.26 Å². The monoisotopic (exact) mass is 163 g/mol. The normalized spacial score (nSPS) is 81.0. The fourth-order valence-electron chi connectivity index (χ4n) is 0.815. The van der Waals surface area contributed by atoms with E-state index in [9.17, 15) is 5.26 Å². The van der Waals surface area contributed by atoms with Gasteiger partial charge in [0.05, 0.1) is 6.07 Å². The fourth-order valence-corrected chi connectivity index (χ4v) is 0.815. The molecule has 0 aromatic carbocycles. The van der Waals surface area contributed by atoms with Crippen molar-refractivity contribution in [2.75, 3.05) is 13.0 Å². The molecule has 1 saturated carbocycles. The van der Waals surface area contributed by atoms with Crippen LogP contribution in [0.4, 0.5) is 0 Å². The van der Waals surface area contributed by atoms with Gasteiger partial charge in [-0.25, -0.2) is 0 Å². The molecule has 11 heavy (non-hydrogen) atoms. The molecular weight excluding hydrogens is 136 g/mol. The third-order valence-corrected chi connectivity index (χ3v) is 1.45. The maximum Gasteiger partial charge on any atom is 0.109 e. The van der Waals surface area contributed by atoms with Crippen molar-refractivity contribution in [3.63, 3.8) is 0 Å². The van der Waals surface area contributed by atoms with Crippen LogP contribution >= 0.6 is 0 Å². The summed E-state index contributed by atoms with van der Waals surface area (Å²) in [6.45, 7) is -5.39. The molecule has 2 rings (SSSR count). The molecule has 0 aromatic heterocycles. The van der Waals surface area contributed by atoms with E-state index in [0.717, 1.165) is 6.07 Å². The molecule has 2 aliphatic rings. The second-order valence-electron chi connectivity index (χ2n) is 2.08. The number of likely N-dealkylation sites (tertiary alicyclic amines) is 1. The summed E-state index contributed by atoms with van der Waals surface area (Å²) in [7, 11) is 0.